The molecule has 0 bridgehead atoms. The van der Waals surface area contributed by atoms with Gasteiger partial charge in [-0.05, 0) is 25.0 Å². The lowest BCUT2D eigenvalue weighted by atomic mass is 10.2. The zero-order chi connectivity index (χ0) is 10.4. The van der Waals surface area contributed by atoms with Crippen LogP contribution in [0.1, 0.15) is 18.9 Å². The first-order valence-electron chi connectivity index (χ1n) is 5.01. The average Bonchev–Trinajstić information content (AvgIpc) is 2.98. The van der Waals surface area contributed by atoms with E-state index in [1.165, 1.54) is 12.8 Å². The Balaban J connectivity index is 2.21. The minimum Gasteiger partial charge on any atom is -0.344 e. The van der Waals surface area contributed by atoms with Gasteiger partial charge in [-0.25, -0.2) is 0 Å². The number of benzene rings is 1. The van der Waals surface area contributed by atoms with Crippen LogP contribution in [0.15, 0.2) is 30.5 Å². The summed E-state index contributed by atoms with van der Waals surface area (Å²) in [4.78, 5) is 10.3. The van der Waals surface area contributed by atoms with Crippen LogP contribution in [0.2, 0.25) is 0 Å². The number of nitrogens with zero attached hydrogens (tertiary/aromatic N) is 2. The van der Waals surface area contributed by atoms with Gasteiger partial charge in [-0.3, -0.25) is 10.1 Å². The van der Waals surface area contributed by atoms with Gasteiger partial charge < -0.3 is 4.57 Å². The number of aromatic nitrogens is 1. The summed E-state index contributed by atoms with van der Waals surface area (Å²) in [6.07, 6.45) is 4.39. The molecule has 0 aliphatic heterocycles. The van der Waals surface area contributed by atoms with Crippen LogP contribution in [0.5, 0.6) is 0 Å². The molecule has 0 atom stereocenters. The van der Waals surface area contributed by atoms with Crippen LogP contribution in [0.25, 0.3) is 10.9 Å². The Morgan fingerprint density at radius 3 is 2.80 bits per heavy atom. The summed E-state index contributed by atoms with van der Waals surface area (Å²) >= 11 is 0. The van der Waals surface area contributed by atoms with Gasteiger partial charge in [0.25, 0.3) is 5.69 Å². The van der Waals surface area contributed by atoms with E-state index >= 15 is 0 Å². The van der Waals surface area contributed by atoms with Crippen LogP contribution in [0, 0.1) is 10.1 Å². The number of rotatable bonds is 2. The van der Waals surface area contributed by atoms with Crippen LogP contribution in [0.4, 0.5) is 5.69 Å². The number of fused-ring (bicyclic) bond motifs is 1. The Bertz CT molecular complexity index is 541. The third-order valence-electron chi connectivity index (χ3n) is 2.86. The summed E-state index contributed by atoms with van der Waals surface area (Å²) in [5, 5.41) is 11.7. The van der Waals surface area contributed by atoms with E-state index < -0.39 is 0 Å². The van der Waals surface area contributed by atoms with E-state index in [1.807, 2.05) is 18.3 Å². The molecule has 0 radical (unpaired) electrons. The van der Waals surface area contributed by atoms with Crippen LogP contribution < -0.4 is 0 Å². The normalized spacial score (nSPS) is 15.7. The second kappa shape index (κ2) is 2.82. The Labute approximate surface area is 86.3 Å². The Hall–Kier alpha value is -1.84. The van der Waals surface area contributed by atoms with Gasteiger partial charge in [0.2, 0.25) is 0 Å². The van der Waals surface area contributed by atoms with Gasteiger partial charge in [0.05, 0.1) is 10.4 Å². The van der Waals surface area contributed by atoms with Crippen LogP contribution in [-0.4, -0.2) is 9.49 Å². The molecule has 4 heteroatoms. The Morgan fingerprint density at radius 2 is 2.13 bits per heavy atom. The summed E-state index contributed by atoms with van der Waals surface area (Å²) in [6.45, 7) is 0. The van der Waals surface area contributed by atoms with Crippen molar-refractivity contribution in [2.24, 2.45) is 0 Å². The van der Waals surface area contributed by atoms with E-state index in [0.717, 1.165) is 10.9 Å². The van der Waals surface area contributed by atoms with Gasteiger partial charge in [-0.1, -0.05) is 0 Å². The first kappa shape index (κ1) is 8.47. The lowest BCUT2D eigenvalue weighted by Gasteiger charge is -2.01. The number of hydrogen-bond donors (Lipinski definition) is 0. The third kappa shape index (κ3) is 1.29. The van der Waals surface area contributed by atoms with E-state index in [1.54, 1.807) is 12.1 Å². The van der Waals surface area contributed by atoms with Gasteiger partial charge >= 0.3 is 0 Å². The molecule has 4 nitrogen and oxygen atoms in total. The molecule has 0 unspecified atom stereocenters. The van der Waals surface area contributed by atoms with E-state index in [4.69, 9.17) is 0 Å². The average molecular weight is 202 g/mol. The van der Waals surface area contributed by atoms with Crippen LogP contribution in [0.3, 0.4) is 0 Å². The molecule has 0 amide bonds. The number of nitro groups is 1. The maximum absolute atomic E-state index is 10.7. The molecule has 3 rings (SSSR count). The van der Waals surface area contributed by atoms with Crippen molar-refractivity contribution >= 4 is 16.6 Å². The molecule has 1 heterocycles. The van der Waals surface area contributed by atoms with Crippen molar-refractivity contribution in [2.45, 2.75) is 18.9 Å². The fourth-order valence-corrected chi connectivity index (χ4v) is 1.92. The fraction of sp³-hybridized carbons (Fsp3) is 0.273. The van der Waals surface area contributed by atoms with Crippen molar-refractivity contribution in [3.8, 4) is 0 Å². The highest BCUT2D eigenvalue weighted by molar-refractivity contribution is 5.82. The summed E-state index contributed by atoms with van der Waals surface area (Å²) in [6, 6.07) is 7.60. The minimum absolute atomic E-state index is 0.170. The van der Waals surface area contributed by atoms with Gasteiger partial charge in [0.15, 0.2) is 0 Å². The lowest BCUT2D eigenvalue weighted by molar-refractivity contribution is -0.384. The Morgan fingerprint density at radius 1 is 1.33 bits per heavy atom. The summed E-state index contributed by atoms with van der Waals surface area (Å²) < 4.78 is 2.14. The van der Waals surface area contributed by atoms with E-state index in [2.05, 4.69) is 4.57 Å². The molecule has 1 saturated carbocycles. The van der Waals surface area contributed by atoms with E-state index in [9.17, 15) is 10.1 Å². The maximum atomic E-state index is 10.7. The zero-order valence-corrected chi connectivity index (χ0v) is 8.09. The highest BCUT2D eigenvalue weighted by atomic mass is 16.6. The van der Waals surface area contributed by atoms with E-state index in [-0.39, 0.29) is 10.6 Å². The predicted octanol–water partition coefficient (Wildman–Crippen LogP) is 2.88. The first-order chi connectivity index (χ1) is 7.25. The second-order valence-corrected chi connectivity index (χ2v) is 3.95. The van der Waals surface area contributed by atoms with Crippen molar-refractivity contribution < 1.29 is 4.92 Å². The predicted molar refractivity (Wildman–Crippen MR) is 56.9 cm³/mol. The number of nitro benzene ring substituents is 1. The van der Waals surface area contributed by atoms with Crippen LogP contribution >= 0.6 is 0 Å². The molecule has 15 heavy (non-hydrogen) atoms. The first-order valence-corrected chi connectivity index (χ1v) is 5.01. The largest absolute Gasteiger partial charge is 0.344 e. The summed E-state index contributed by atoms with van der Waals surface area (Å²) in [7, 11) is 0. The van der Waals surface area contributed by atoms with Gasteiger partial charge in [0, 0.05) is 29.8 Å². The molecule has 1 aromatic heterocycles. The van der Waals surface area contributed by atoms with Crippen molar-refractivity contribution in [3.63, 3.8) is 0 Å². The molecule has 1 fully saturated rings. The molecule has 1 aliphatic carbocycles. The fourth-order valence-electron chi connectivity index (χ4n) is 1.92. The minimum atomic E-state index is -0.344. The number of non-ortho nitro benzene ring substituents is 1. The highest BCUT2D eigenvalue weighted by Crippen LogP contribution is 2.38. The molecule has 1 aliphatic rings. The third-order valence-corrected chi connectivity index (χ3v) is 2.86. The smallest absolute Gasteiger partial charge is 0.271 e. The SMILES string of the molecule is O=[N+]([O-])c1ccc2ccn(C3CC3)c2c1. The molecule has 2 aromatic rings. The van der Waals surface area contributed by atoms with Gasteiger partial charge in [-0.2, -0.15) is 0 Å². The topological polar surface area (TPSA) is 48.1 Å². The van der Waals surface area contributed by atoms with Crippen molar-refractivity contribution in [1.29, 1.82) is 0 Å². The van der Waals surface area contributed by atoms with Crippen molar-refractivity contribution in [1.82, 2.24) is 4.57 Å². The molecule has 0 saturated heterocycles. The van der Waals surface area contributed by atoms with Crippen LogP contribution in [-0.2, 0) is 0 Å². The lowest BCUT2D eigenvalue weighted by Crippen LogP contribution is -1.92. The molecule has 76 valence electrons. The highest BCUT2D eigenvalue weighted by Gasteiger charge is 2.24. The molecular weight excluding hydrogens is 192 g/mol. The van der Waals surface area contributed by atoms with Crippen molar-refractivity contribution in [2.75, 3.05) is 0 Å². The van der Waals surface area contributed by atoms with Gasteiger partial charge in [-0.15, -0.1) is 0 Å². The summed E-state index contributed by atoms with van der Waals surface area (Å²) in [5.41, 5.74) is 1.15. The van der Waals surface area contributed by atoms with Gasteiger partial charge in [0.1, 0.15) is 0 Å². The van der Waals surface area contributed by atoms with E-state index in [0.29, 0.717) is 6.04 Å². The standard InChI is InChI=1S/C11H10N2O2/c14-13(15)10-2-1-8-5-6-12(9-3-4-9)11(8)7-10/h1-2,5-7,9H,3-4H2. The molecule has 0 spiro atoms. The second-order valence-electron chi connectivity index (χ2n) is 3.95. The monoisotopic (exact) mass is 202 g/mol. The molecule has 1 aromatic carbocycles. The maximum Gasteiger partial charge on any atom is 0.271 e. The van der Waals surface area contributed by atoms with Crippen molar-refractivity contribution in [3.05, 3.63) is 40.6 Å². The molecular formula is C11H10N2O2. The zero-order valence-electron chi connectivity index (χ0n) is 8.09. The summed E-state index contributed by atoms with van der Waals surface area (Å²) in [5.74, 6) is 0. The number of hydrogen-bond acceptors (Lipinski definition) is 2. The Kier molecular flexibility index (Phi) is 1.59. The quantitative estimate of drug-likeness (QED) is 0.555. The molecule has 0 N–H and O–H groups in total.